The topological polar surface area (TPSA) is 175 Å². The summed E-state index contributed by atoms with van der Waals surface area (Å²) in [7, 11) is 7.12. The molecule has 0 unspecified atom stereocenters. The van der Waals surface area contributed by atoms with Gasteiger partial charge < -0.3 is 19.7 Å². The molecule has 0 fully saturated rings. The number of hydrogen-bond donors (Lipinski definition) is 2. The lowest BCUT2D eigenvalue weighted by atomic mass is 10.2. The van der Waals surface area contributed by atoms with Crippen molar-refractivity contribution in [3.8, 4) is 0 Å². The predicted molar refractivity (Wildman–Crippen MR) is 244 cm³/mol. The molecule has 304 valence electrons. The van der Waals surface area contributed by atoms with E-state index in [2.05, 4.69) is 138 Å². The highest BCUT2D eigenvalue weighted by Crippen LogP contribution is 2.20. The Hall–Kier alpha value is -2.36. The normalized spacial score (nSPS) is 9.46. The average Bonchev–Trinajstić information content (AvgIpc) is 3.20. The second-order valence-corrected chi connectivity index (χ2v) is 15.7. The first-order valence-electron chi connectivity index (χ1n) is 15.5. The minimum absolute atomic E-state index is 0.0116. The first-order chi connectivity index (χ1) is 26.9. The van der Waals surface area contributed by atoms with E-state index in [1.165, 1.54) is 27.1 Å². The first-order valence-corrected chi connectivity index (χ1v) is 21.4. The van der Waals surface area contributed by atoms with Crippen molar-refractivity contribution in [3.63, 3.8) is 0 Å². The number of halogens is 8. The molecule has 0 aromatic carbocycles. The molecule has 12 nitrogen and oxygen atoms in total. The lowest BCUT2D eigenvalue weighted by Gasteiger charge is -2.01. The van der Waals surface area contributed by atoms with Crippen LogP contribution in [-0.2, 0) is 21.4 Å². The number of carboxylic acids is 1. The third-order valence-electron chi connectivity index (χ3n) is 5.96. The van der Waals surface area contributed by atoms with Gasteiger partial charge in [-0.2, -0.15) is 0 Å². The van der Waals surface area contributed by atoms with Gasteiger partial charge in [0.05, 0.1) is 53.5 Å². The van der Waals surface area contributed by atoms with Crippen molar-refractivity contribution >= 4 is 145 Å². The van der Waals surface area contributed by atoms with Crippen molar-refractivity contribution in [2.75, 3.05) is 14.2 Å². The van der Waals surface area contributed by atoms with Crippen LogP contribution in [0.15, 0.2) is 83.0 Å². The van der Waals surface area contributed by atoms with E-state index >= 15 is 0 Å². The van der Waals surface area contributed by atoms with Gasteiger partial charge in [0.1, 0.15) is 10.3 Å². The number of carbonyl (C=O) groups excluding carboxylic acids is 2. The highest BCUT2D eigenvalue weighted by Gasteiger charge is 2.13. The van der Waals surface area contributed by atoms with Crippen LogP contribution in [0.4, 0.5) is 0 Å². The maximum absolute atomic E-state index is 11.1. The summed E-state index contributed by atoms with van der Waals surface area (Å²) < 4.78 is 12.6. The van der Waals surface area contributed by atoms with Crippen LogP contribution in [-0.4, -0.2) is 75.1 Å². The van der Waals surface area contributed by atoms with Crippen molar-refractivity contribution < 1.29 is 34.1 Å². The van der Waals surface area contributed by atoms with E-state index in [1.54, 1.807) is 24.3 Å². The Labute approximate surface area is 392 Å². The van der Waals surface area contributed by atoms with Crippen molar-refractivity contribution in [3.05, 3.63) is 139 Å². The number of aliphatic hydroxyl groups is 1. The van der Waals surface area contributed by atoms with E-state index in [-0.39, 0.29) is 28.3 Å². The summed E-state index contributed by atoms with van der Waals surface area (Å²) in [5.74, 6) is -2.03. The largest absolute Gasteiger partial charge is 0.476 e. The quantitative estimate of drug-likeness (QED) is 0.0739. The van der Waals surface area contributed by atoms with E-state index in [1.807, 2.05) is 51.1 Å². The van der Waals surface area contributed by atoms with Gasteiger partial charge in [-0.3, -0.25) is 9.97 Å². The standard InChI is InChI=1S/C8H8BrNO2.C7H7Br2N.C7H5BrClNO2.C7H8BrNO.C6H3BrClNO2.CH3B/c1-5-3-4-6(9)7(10-5)8(11)12-2;1-5-2-3-6(9)7(4-8)10-5;1-12-7(11)6-4(8)2-3-5(9)10-6;1-5-2-3-6(8)7(4-10)9-5;7-3-1-2-4(8)9-5(3)6(10)11;1-2/h3-4H,1-2H3;2-3H,4H2,1H3;2-3H,1H3;2-3,10H,4H2,1H3;1-2H,(H,10,11);1H3. The van der Waals surface area contributed by atoms with Crippen LogP contribution in [0, 0.1) is 20.8 Å². The number of ether oxygens (including phenoxy) is 2. The summed E-state index contributed by atoms with van der Waals surface area (Å²) in [4.78, 5) is 52.3. The van der Waals surface area contributed by atoms with Gasteiger partial charge in [0, 0.05) is 31.4 Å². The molecule has 0 aliphatic carbocycles. The van der Waals surface area contributed by atoms with Crippen LogP contribution >= 0.6 is 119 Å². The van der Waals surface area contributed by atoms with Crippen LogP contribution in [0.25, 0.3) is 0 Å². The Morgan fingerprint density at radius 2 is 0.912 bits per heavy atom. The molecule has 5 aromatic heterocycles. The van der Waals surface area contributed by atoms with Crippen LogP contribution < -0.4 is 0 Å². The predicted octanol–water partition coefficient (Wildman–Crippen LogP) is 11.3. The number of methoxy groups -OCH3 is 2. The summed E-state index contributed by atoms with van der Waals surface area (Å²) in [6.07, 6.45) is 0. The lowest BCUT2D eigenvalue weighted by molar-refractivity contribution is 0.0584. The molecular weight excluding hydrogens is 1180 g/mol. The molecule has 21 heteroatoms. The summed E-state index contributed by atoms with van der Waals surface area (Å²) in [5.41, 5.74) is 4.95. The fraction of sp³-hybridized carbons (Fsp3) is 0.222. The molecule has 5 aromatic rings. The zero-order chi connectivity index (χ0) is 43.8. The van der Waals surface area contributed by atoms with Crippen LogP contribution in [0.2, 0.25) is 17.1 Å². The molecule has 0 saturated heterocycles. The monoisotopic (exact) mass is 1200 g/mol. The van der Waals surface area contributed by atoms with Gasteiger partial charge in [-0.1, -0.05) is 46.0 Å². The molecule has 2 N–H and O–H groups in total. The van der Waals surface area contributed by atoms with E-state index in [0.29, 0.717) is 24.8 Å². The van der Waals surface area contributed by atoms with Gasteiger partial charge in [0.2, 0.25) is 0 Å². The number of aryl methyl sites for hydroxylation is 3. The summed E-state index contributed by atoms with van der Waals surface area (Å²) in [6.45, 7) is 7.19. The Kier molecular flexibility index (Phi) is 28.6. The molecule has 0 saturated carbocycles. The maximum Gasteiger partial charge on any atom is 0.357 e. The number of aromatic nitrogens is 5. The van der Waals surface area contributed by atoms with Crippen molar-refractivity contribution in [2.45, 2.75) is 39.5 Å². The Morgan fingerprint density at radius 3 is 1.26 bits per heavy atom. The molecule has 5 rings (SSSR count). The second-order valence-electron chi connectivity index (χ2n) is 10.1. The van der Waals surface area contributed by atoms with E-state index < -0.39 is 17.9 Å². The van der Waals surface area contributed by atoms with Crippen molar-refractivity contribution in [1.82, 2.24) is 24.9 Å². The molecular formula is C36H34BBr6Cl2N5O7. The molecule has 0 bridgehead atoms. The van der Waals surface area contributed by atoms with Crippen LogP contribution in [0.1, 0.15) is 59.9 Å². The number of alkyl halides is 1. The minimum atomic E-state index is -1.10. The fourth-order valence-corrected chi connectivity index (χ4v) is 6.36. The lowest BCUT2D eigenvalue weighted by Crippen LogP contribution is -2.05. The highest BCUT2D eigenvalue weighted by molar-refractivity contribution is 9.11. The first kappa shape index (κ1) is 54.6. The second kappa shape index (κ2) is 29.8. The smallest absolute Gasteiger partial charge is 0.357 e. The highest BCUT2D eigenvalue weighted by atomic mass is 79.9. The summed E-state index contributed by atoms with van der Waals surface area (Å²) in [5, 5.41) is 18.5. The number of pyridine rings is 5. The number of esters is 2. The molecule has 0 aliphatic rings. The number of aliphatic hydroxyl groups excluding tert-OH is 1. The Morgan fingerprint density at radius 1 is 0.579 bits per heavy atom. The number of carboxylic acid groups (broad SMARTS) is 1. The number of rotatable bonds is 5. The maximum atomic E-state index is 11.1. The molecule has 57 heavy (non-hydrogen) atoms. The number of carbonyl (C=O) groups is 3. The average molecular weight is 1210 g/mol. The molecule has 0 spiro atoms. The molecule has 2 radical (unpaired) electrons. The van der Waals surface area contributed by atoms with Gasteiger partial charge in [-0.25, -0.2) is 29.3 Å². The molecule has 5 heterocycles. The Bertz CT molecular complexity index is 1980. The van der Waals surface area contributed by atoms with Crippen molar-refractivity contribution in [2.24, 2.45) is 0 Å². The van der Waals surface area contributed by atoms with Crippen LogP contribution in [0.3, 0.4) is 0 Å². The fourth-order valence-electron chi connectivity index (χ4n) is 3.40. The third kappa shape index (κ3) is 20.9. The van der Waals surface area contributed by atoms with E-state index in [4.69, 9.17) is 33.4 Å². The summed E-state index contributed by atoms with van der Waals surface area (Å²) in [6, 6.07) is 17.6. The van der Waals surface area contributed by atoms with Gasteiger partial charge in [0.25, 0.3) is 0 Å². The number of aromatic carboxylic acids is 1. The van der Waals surface area contributed by atoms with Crippen molar-refractivity contribution in [1.29, 1.82) is 0 Å². The SMILES string of the molecule is COC(=O)c1nc(C)ccc1Br.COC(=O)c1nc(Cl)ccc1Br.Cc1ccc(Br)c(CBr)n1.Cc1ccc(Br)c(CO)n1.O=C(O)c1nc(Cl)ccc1Br.[B]C. The van der Waals surface area contributed by atoms with E-state index in [0.717, 1.165) is 37.1 Å². The number of hydrogen-bond acceptors (Lipinski definition) is 11. The van der Waals surface area contributed by atoms with E-state index in [9.17, 15) is 14.4 Å². The third-order valence-corrected chi connectivity index (χ3v) is 10.3. The molecule has 0 aliphatic heterocycles. The van der Waals surface area contributed by atoms with Gasteiger partial charge >= 0.3 is 17.9 Å². The number of nitrogens with zero attached hydrogens (tertiary/aromatic N) is 5. The summed E-state index contributed by atoms with van der Waals surface area (Å²) >= 11 is 30.4. The molecule has 0 amide bonds. The van der Waals surface area contributed by atoms with Crippen LogP contribution in [0.5, 0.6) is 0 Å². The Balaban J connectivity index is 0.000000681. The zero-order valence-electron chi connectivity index (χ0n) is 31.0. The van der Waals surface area contributed by atoms with Gasteiger partial charge in [-0.15, -0.1) is 0 Å². The minimum Gasteiger partial charge on any atom is -0.476 e. The van der Waals surface area contributed by atoms with Gasteiger partial charge in [-0.05, 0) is 161 Å². The van der Waals surface area contributed by atoms with Gasteiger partial charge in [0.15, 0.2) is 17.1 Å². The molecule has 0 atom stereocenters. The zero-order valence-corrected chi connectivity index (χ0v) is 42.0.